The van der Waals surface area contributed by atoms with Crippen molar-refractivity contribution in [3.05, 3.63) is 42.1 Å². The second kappa shape index (κ2) is 4.65. The zero-order valence-corrected chi connectivity index (χ0v) is 9.25. The monoisotopic (exact) mass is 229 g/mol. The van der Waals surface area contributed by atoms with Crippen molar-refractivity contribution in [2.75, 3.05) is 7.11 Å². The SMILES string of the molecule is COc1ccc(/C=C/C(=O)O)c2cccnc12. The highest BCUT2D eigenvalue weighted by atomic mass is 16.5. The van der Waals surface area contributed by atoms with Crippen LogP contribution in [-0.2, 0) is 4.79 Å². The number of pyridine rings is 1. The van der Waals surface area contributed by atoms with Crippen molar-refractivity contribution in [3.8, 4) is 5.75 Å². The summed E-state index contributed by atoms with van der Waals surface area (Å²) in [7, 11) is 1.58. The van der Waals surface area contributed by atoms with E-state index in [2.05, 4.69) is 4.98 Å². The molecule has 17 heavy (non-hydrogen) atoms. The number of carbonyl (C=O) groups is 1. The van der Waals surface area contributed by atoms with Gasteiger partial charge in [-0.05, 0) is 23.8 Å². The lowest BCUT2D eigenvalue weighted by Gasteiger charge is -2.06. The van der Waals surface area contributed by atoms with Crippen LogP contribution in [0.2, 0.25) is 0 Å². The van der Waals surface area contributed by atoms with E-state index in [0.29, 0.717) is 5.75 Å². The number of carboxylic acid groups (broad SMARTS) is 1. The molecular formula is C13H11NO3. The highest BCUT2D eigenvalue weighted by Gasteiger charge is 2.05. The van der Waals surface area contributed by atoms with E-state index in [9.17, 15) is 4.79 Å². The van der Waals surface area contributed by atoms with Crippen LogP contribution in [0.15, 0.2) is 36.5 Å². The van der Waals surface area contributed by atoms with Gasteiger partial charge in [0.2, 0.25) is 0 Å². The molecule has 1 N–H and O–H groups in total. The number of aliphatic carboxylic acids is 1. The zero-order chi connectivity index (χ0) is 12.3. The Morgan fingerprint density at radius 3 is 2.94 bits per heavy atom. The van der Waals surface area contributed by atoms with E-state index >= 15 is 0 Å². The lowest BCUT2D eigenvalue weighted by molar-refractivity contribution is -0.131. The smallest absolute Gasteiger partial charge is 0.328 e. The van der Waals surface area contributed by atoms with Crippen LogP contribution >= 0.6 is 0 Å². The average molecular weight is 229 g/mol. The largest absolute Gasteiger partial charge is 0.494 e. The maximum absolute atomic E-state index is 10.5. The van der Waals surface area contributed by atoms with E-state index in [1.54, 1.807) is 31.5 Å². The van der Waals surface area contributed by atoms with Gasteiger partial charge in [-0.3, -0.25) is 4.98 Å². The van der Waals surface area contributed by atoms with Gasteiger partial charge in [0, 0.05) is 17.7 Å². The van der Waals surface area contributed by atoms with Crippen molar-refractivity contribution in [1.82, 2.24) is 4.98 Å². The van der Waals surface area contributed by atoms with Crippen LogP contribution in [0.4, 0.5) is 0 Å². The summed E-state index contributed by atoms with van der Waals surface area (Å²) in [5.41, 5.74) is 1.53. The van der Waals surface area contributed by atoms with E-state index in [1.807, 2.05) is 12.1 Å². The minimum Gasteiger partial charge on any atom is -0.494 e. The summed E-state index contributed by atoms with van der Waals surface area (Å²) >= 11 is 0. The molecule has 1 aromatic carbocycles. The van der Waals surface area contributed by atoms with Crippen LogP contribution in [0.1, 0.15) is 5.56 Å². The molecule has 0 atom stereocenters. The molecule has 0 saturated carbocycles. The molecule has 2 rings (SSSR count). The molecule has 0 fully saturated rings. The maximum Gasteiger partial charge on any atom is 0.328 e. The number of ether oxygens (including phenoxy) is 1. The Hall–Kier alpha value is -2.36. The van der Waals surface area contributed by atoms with Crippen LogP contribution < -0.4 is 4.74 Å². The van der Waals surface area contributed by atoms with Gasteiger partial charge in [-0.25, -0.2) is 4.79 Å². The van der Waals surface area contributed by atoms with Gasteiger partial charge in [-0.2, -0.15) is 0 Å². The van der Waals surface area contributed by atoms with Crippen LogP contribution in [0, 0.1) is 0 Å². The molecule has 4 heteroatoms. The molecule has 0 aliphatic rings. The van der Waals surface area contributed by atoms with Gasteiger partial charge in [0.15, 0.2) is 0 Å². The average Bonchev–Trinajstić information content (AvgIpc) is 2.35. The van der Waals surface area contributed by atoms with Crippen molar-refractivity contribution in [3.63, 3.8) is 0 Å². The summed E-state index contributed by atoms with van der Waals surface area (Å²) in [5, 5.41) is 9.49. The quantitative estimate of drug-likeness (QED) is 0.820. The van der Waals surface area contributed by atoms with Crippen molar-refractivity contribution in [2.24, 2.45) is 0 Å². The molecule has 4 nitrogen and oxygen atoms in total. The maximum atomic E-state index is 10.5. The number of fused-ring (bicyclic) bond motifs is 1. The van der Waals surface area contributed by atoms with Gasteiger partial charge in [-0.1, -0.05) is 12.1 Å². The van der Waals surface area contributed by atoms with Gasteiger partial charge < -0.3 is 9.84 Å². The molecule has 1 heterocycles. The van der Waals surface area contributed by atoms with E-state index in [0.717, 1.165) is 22.5 Å². The summed E-state index contributed by atoms with van der Waals surface area (Å²) in [6, 6.07) is 7.27. The van der Waals surface area contributed by atoms with Crippen LogP contribution in [0.5, 0.6) is 5.75 Å². The number of aromatic nitrogens is 1. The predicted molar refractivity (Wildman–Crippen MR) is 65.0 cm³/mol. The molecule has 0 amide bonds. The third-order valence-electron chi connectivity index (χ3n) is 2.39. The Labute approximate surface area is 98.2 Å². The Kier molecular flexibility index (Phi) is 3.05. The van der Waals surface area contributed by atoms with Crippen molar-refractivity contribution >= 4 is 22.9 Å². The first-order chi connectivity index (χ1) is 8.22. The number of rotatable bonds is 3. The molecule has 0 radical (unpaired) electrons. The van der Waals surface area contributed by atoms with Crippen LogP contribution in [-0.4, -0.2) is 23.2 Å². The Morgan fingerprint density at radius 2 is 2.24 bits per heavy atom. The summed E-state index contributed by atoms with van der Waals surface area (Å²) in [4.78, 5) is 14.7. The molecular weight excluding hydrogens is 218 g/mol. The topological polar surface area (TPSA) is 59.4 Å². The van der Waals surface area contributed by atoms with Crippen LogP contribution in [0.3, 0.4) is 0 Å². The van der Waals surface area contributed by atoms with Gasteiger partial charge >= 0.3 is 5.97 Å². The molecule has 1 aromatic heterocycles. The first-order valence-electron chi connectivity index (χ1n) is 5.05. The van der Waals surface area contributed by atoms with Crippen molar-refractivity contribution in [1.29, 1.82) is 0 Å². The summed E-state index contributed by atoms with van der Waals surface area (Å²) in [5.74, 6) is -0.300. The Morgan fingerprint density at radius 1 is 1.41 bits per heavy atom. The Bertz CT molecular complexity index is 590. The number of hydrogen-bond acceptors (Lipinski definition) is 3. The van der Waals surface area contributed by atoms with E-state index in [1.165, 1.54) is 0 Å². The standard InChI is InChI=1S/C13H11NO3/c1-17-11-6-4-9(5-7-12(15)16)10-3-2-8-14-13(10)11/h2-8H,1H3,(H,15,16)/b7-5+. The lowest BCUT2D eigenvalue weighted by Crippen LogP contribution is -1.90. The number of carboxylic acids is 1. The predicted octanol–water partition coefficient (Wildman–Crippen LogP) is 2.34. The third-order valence-corrected chi connectivity index (χ3v) is 2.39. The fourth-order valence-electron chi connectivity index (χ4n) is 1.64. The van der Waals surface area contributed by atoms with Gasteiger partial charge in [-0.15, -0.1) is 0 Å². The van der Waals surface area contributed by atoms with E-state index in [4.69, 9.17) is 9.84 Å². The molecule has 0 saturated heterocycles. The van der Waals surface area contributed by atoms with Gasteiger partial charge in [0.05, 0.1) is 7.11 Å². The summed E-state index contributed by atoms with van der Waals surface area (Å²) in [6.07, 6.45) is 4.33. The molecule has 0 spiro atoms. The summed E-state index contributed by atoms with van der Waals surface area (Å²) in [6.45, 7) is 0. The van der Waals surface area contributed by atoms with Gasteiger partial charge in [0.1, 0.15) is 11.3 Å². The minimum absolute atomic E-state index is 0.674. The Balaban J connectivity index is 2.62. The van der Waals surface area contributed by atoms with E-state index < -0.39 is 5.97 Å². The summed E-state index contributed by atoms with van der Waals surface area (Å²) < 4.78 is 5.21. The second-order valence-electron chi connectivity index (χ2n) is 3.43. The molecule has 86 valence electrons. The number of methoxy groups -OCH3 is 1. The fraction of sp³-hybridized carbons (Fsp3) is 0.0769. The number of nitrogens with zero attached hydrogens (tertiary/aromatic N) is 1. The van der Waals surface area contributed by atoms with Crippen molar-refractivity contribution in [2.45, 2.75) is 0 Å². The molecule has 0 aliphatic carbocycles. The van der Waals surface area contributed by atoms with Crippen LogP contribution in [0.25, 0.3) is 17.0 Å². The normalized spacial score (nSPS) is 10.9. The molecule has 0 unspecified atom stereocenters. The second-order valence-corrected chi connectivity index (χ2v) is 3.43. The number of hydrogen-bond donors (Lipinski definition) is 1. The number of benzene rings is 1. The van der Waals surface area contributed by atoms with E-state index in [-0.39, 0.29) is 0 Å². The highest BCUT2D eigenvalue weighted by molar-refractivity contribution is 5.95. The molecule has 2 aromatic rings. The first-order valence-corrected chi connectivity index (χ1v) is 5.05. The third kappa shape index (κ3) is 2.25. The minimum atomic E-state index is -0.974. The van der Waals surface area contributed by atoms with Crippen molar-refractivity contribution < 1.29 is 14.6 Å². The first kappa shape index (κ1) is 11.1. The highest BCUT2D eigenvalue weighted by Crippen LogP contribution is 2.26. The van der Waals surface area contributed by atoms with Gasteiger partial charge in [0.25, 0.3) is 0 Å². The zero-order valence-electron chi connectivity index (χ0n) is 9.25. The lowest BCUT2D eigenvalue weighted by atomic mass is 10.1. The fourth-order valence-corrected chi connectivity index (χ4v) is 1.64. The molecule has 0 bridgehead atoms. The molecule has 0 aliphatic heterocycles.